The summed E-state index contributed by atoms with van der Waals surface area (Å²) in [5.41, 5.74) is 6.54. The number of fused-ring (bicyclic) bond motifs is 1. The van der Waals surface area contributed by atoms with E-state index in [9.17, 15) is 4.39 Å². The summed E-state index contributed by atoms with van der Waals surface area (Å²) >= 11 is 0. The van der Waals surface area contributed by atoms with Crippen LogP contribution in [0.2, 0.25) is 0 Å². The van der Waals surface area contributed by atoms with E-state index in [2.05, 4.69) is 9.97 Å². The highest BCUT2D eigenvalue weighted by Crippen LogP contribution is 2.31. The molecule has 1 heterocycles. The summed E-state index contributed by atoms with van der Waals surface area (Å²) in [6.07, 6.45) is 1.40. The second-order valence-electron chi connectivity index (χ2n) is 3.97. The number of nitrogen functional groups attached to an aromatic ring is 1. The van der Waals surface area contributed by atoms with Crippen LogP contribution in [-0.2, 0) is 0 Å². The first kappa shape index (κ1) is 11.4. The molecule has 0 saturated heterocycles. The average molecular weight is 255 g/mol. The van der Waals surface area contributed by atoms with Crippen molar-refractivity contribution >= 4 is 16.7 Å². The molecule has 94 valence electrons. The summed E-state index contributed by atoms with van der Waals surface area (Å²) < 4.78 is 18.5. The smallest absolute Gasteiger partial charge is 0.140 e. The lowest BCUT2D eigenvalue weighted by molar-refractivity contribution is 0.486. The van der Waals surface area contributed by atoms with Gasteiger partial charge in [0.15, 0.2) is 0 Å². The first-order valence-electron chi connectivity index (χ1n) is 5.66. The zero-order valence-corrected chi connectivity index (χ0v) is 9.88. The van der Waals surface area contributed by atoms with Crippen molar-refractivity contribution in [2.45, 2.75) is 0 Å². The monoisotopic (exact) mass is 255 g/mol. The van der Waals surface area contributed by atoms with E-state index < -0.39 is 0 Å². The molecule has 0 radical (unpaired) electrons. The Bertz CT molecular complexity index is 723. The Kier molecular flexibility index (Phi) is 2.72. The number of benzene rings is 2. The lowest BCUT2D eigenvalue weighted by atomic mass is 10.2. The van der Waals surface area contributed by atoms with E-state index in [1.54, 1.807) is 18.2 Å². The van der Waals surface area contributed by atoms with Gasteiger partial charge >= 0.3 is 0 Å². The van der Waals surface area contributed by atoms with Crippen molar-refractivity contribution in [2.75, 3.05) is 5.73 Å². The minimum absolute atomic E-state index is 0.312. The third kappa shape index (κ3) is 2.18. The van der Waals surface area contributed by atoms with Crippen molar-refractivity contribution in [1.82, 2.24) is 9.97 Å². The molecular formula is C14H10FN3O. The number of aromatic nitrogens is 2. The van der Waals surface area contributed by atoms with Crippen LogP contribution in [0.4, 0.5) is 10.2 Å². The first-order valence-corrected chi connectivity index (χ1v) is 5.66. The van der Waals surface area contributed by atoms with Gasteiger partial charge in [-0.2, -0.15) is 0 Å². The number of nitrogens with zero attached hydrogens (tertiary/aromatic N) is 2. The van der Waals surface area contributed by atoms with E-state index in [0.717, 1.165) is 0 Å². The molecule has 0 fully saturated rings. The van der Waals surface area contributed by atoms with E-state index >= 15 is 0 Å². The Morgan fingerprint density at radius 2 is 1.79 bits per heavy atom. The van der Waals surface area contributed by atoms with Crippen molar-refractivity contribution in [1.29, 1.82) is 0 Å². The Labute approximate surface area is 108 Å². The fourth-order valence-corrected chi connectivity index (χ4v) is 1.82. The van der Waals surface area contributed by atoms with Crippen LogP contribution in [0.25, 0.3) is 10.9 Å². The van der Waals surface area contributed by atoms with Crippen molar-refractivity contribution in [3.8, 4) is 11.5 Å². The average Bonchev–Trinajstić information content (AvgIpc) is 2.42. The van der Waals surface area contributed by atoms with Crippen molar-refractivity contribution < 1.29 is 9.13 Å². The van der Waals surface area contributed by atoms with Gasteiger partial charge in [-0.3, -0.25) is 0 Å². The Morgan fingerprint density at radius 1 is 1.00 bits per heavy atom. The van der Waals surface area contributed by atoms with Crippen molar-refractivity contribution in [2.24, 2.45) is 0 Å². The van der Waals surface area contributed by atoms with E-state index in [4.69, 9.17) is 10.5 Å². The van der Waals surface area contributed by atoms with E-state index in [1.165, 1.54) is 18.5 Å². The largest absolute Gasteiger partial charge is 0.457 e. The molecule has 0 aliphatic rings. The number of anilines is 1. The van der Waals surface area contributed by atoms with Gasteiger partial charge in [0.1, 0.15) is 29.5 Å². The number of halogens is 1. The molecule has 0 aliphatic heterocycles. The maximum Gasteiger partial charge on any atom is 0.140 e. The fourth-order valence-electron chi connectivity index (χ4n) is 1.82. The molecule has 3 rings (SSSR count). The molecule has 5 heteroatoms. The molecule has 2 aromatic carbocycles. The zero-order chi connectivity index (χ0) is 13.2. The highest BCUT2D eigenvalue weighted by atomic mass is 19.1. The third-order valence-corrected chi connectivity index (χ3v) is 2.70. The van der Waals surface area contributed by atoms with Gasteiger partial charge in [-0.1, -0.05) is 6.07 Å². The van der Waals surface area contributed by atoms with Gasteiger partial charge in [0.2, 0.25) is 0 Å². The van der Waals surface area contributed by atoms with Crippen LogP contribution in [0.3, 0.4) is 0 Å². The quantitative estimate of drug-likeness (QED) is 0.764. The number of hydrogen-bond donors (Lipinski definition) is 1. The minimum atomic E-state index is -0.312. The van der Waals surface area contributed by atoms with E-state index in [1.807, 2.05) is 12.1 Å². The molecule has 0 amide bonds. The topological polar surface area (TPSA) is 61.0 Å². The van der Waals surface area contributed by atoms with Crippen molar-refractivity contribution in [3.63, 3.8) is 0 Å². The number of ether oxygens (including phenoxy) is 1. The maximum atomic E-state index is 12.8. The molecule has 0 bridgehead atoms. The van der Waals surface area contributed by atoms with Gasteiger partial charge in [0.25, 0.3) is 0 Å². The van der Waals surface area contributed by atoms with Crippen LogP contribution in [0, 0.1) is 5.82 Å². The first-order chi connectivity index (χ1) is 9.24. The molecule has 0 atom stereocenters. The highest BCUT2D eigenvalue weighted by molar-refractivity contribution is 5.93. The molecule has 0 aliphatic carbocycles. The predicted octanol–water partition coefficient (Wildman–Crippen LogP) is 3.14. The molecule has 19 heavy (non-hydrogen) atoms. The minimum Gasteiger partial charge on any atom is -0.457 e. The fraction of sp³-hybridized carbons (Fsp3) is 0. The van der Waals surface area contributed by atoms with Crippen LogP contribution in [0.1, 0.15) is 0 Å². The third-order valence-electron chi connectivity index (χ3n) is 2.70. The summed E-state index contributed by atoms with van der Waals surface area (Å²) in [7, 11) is 0. The standard InChI is InChI=1S/C14H10FN3O/c15-9-4-6-10(7-5-9)19-12-3-1-2-11-13(12)14(16)18-8-17-11/h1-8H,(H2,16,17,18). The zero-order valence-electron chi connectivity index (χ0n) is 9.88. The number of hydrogen-bond acceptors (Lipinski definition) is 4. The molecule has 0 unspecified atom stereocenters. The summed E-state index contributed by atoms with van der Waals surface area (Å²) in [6, 6.07) is 11.2. The highest BCUT2D eigenvalue weighted by Gasteiger charge is 2.08. The van der Waals surface area contributed by atoms with Gasteiger partial charge in [-0.25, -0.2) is 14.4 Å². The molecule has 0 saturated carbocycles. The van der Waals surface area contributed by atoms with Crippen molar-refractivity contribution in [3.05, 3.63) is 54.6 Å². The molecule has 4 nitrogen and oxygen atoms in total. The number of rotatable bonds is 2. The van der Waals surface area contributed by atoms with Crippen LogP contribution < -0.4 is 10.5 Å². The summed E-state index contributed by atoms with van der Waals surface area (Å²) in [6.45, 7) is 0. The van der Waals surface area contributed by atoms with E-state index in [0.29, 0.717) is 28.2 Å². The van der Waals surface area contributed by atoms with Crippen LogP contribution >= 0.6 is 0 Å². The molecule has 0 spiro atoms. The number of nitrogens with two attached hydrogens (primary N) is 1. The molecule has 3 aromatic rings. The summed E-state index contributed by atoms with van der Waals surface area (Å²) in [5, 5.41) is 0.648. The predicted molar refractivity (Wildman–Crippen MR) is 70.4 cm³/mol. The lowest BCUT2D eigenvalue weighted by Gasteiger charge is -2.09. The SMILES string of the molecule is Nc1ncnc2cccc(Oc3ccc(F)cc3)c12. The van der Waals surface area contributed by atoms with Gasteiger partial charge in [-0.05, 0) is 36.4 Å². The molecule has 1 aromatic heterocycles. The molecular weight excluding hydrogens is 245 g/mol. The van der Waals surface area contributed by atoms with Gasteiger partial charge in [-0.15, -0.1) is 0 Å². The summed E-state index contributed by atoms with van der Waals surface area (Å²) in [4.78, 5) is 8.08. The second kappa shape index (κ2) is 4.53. The maximum absolute atomic E-state index is 12.8. The van der Waals surface area contributed by atoms with Gasteiger partial charge in [0, 0.05) is 0 Å². The van der Waals surface area contributed by atoms with E-state index in [-0.39, 0.29) is 5.82 Å². The second-order valence-corrected chi connectivity index (χ2v) is 3.97. The van der Waals surface area contributed by atoms with Crippen LogP contribution in [-0.4, -0.2) is 9.97 Å². The molecule has 2 N–H and O–H groups in total. The Hall–Kier alpha value is -2.69. The van der Waals surface area contributed by atoms with Crippen LogP contribution in [0.15, 0.2) is 48.8 Å². The van der Waals surface area contributed by atoms with Gasteiger partial charge in [0.05, 0.1) is 10.9 Å². The normalized spacial score (nSPS) is 10.6. The Morgan fingerprint density at radius 3 is 2.58 bits per heavy atom. The Balaban J connectivity index is 2.08. The van der Waals surface area contributed by atoms with Crippen LogP contribution in [0.5, 0.6) is 11.5 Å². The lowest BCUT2D eigenvalue weighted by Crippen LogP contribution is -1.95. The van der Waals surface area contributed by atoms with Gasteiger partial charge < -0.3 is 10.5 Å². The summed E-state index contributed by atoms with van der Waals surface area (Å²) in [5.74, 6) is 1.11.